The Labute approximate surface area is 147 Å². The van der Waals surface area contributed by atoms with Crippen LogP contribution >= 0.6 is 14.6 Å². The summed E-state index contributed by atoms with van der Waals surface area (Å²) in [7, 11) is -9.47. The average molecular weight is 386 g/mol. The Kier molecular flexibility index (Phi) is 8.90. The minimum atomic E-state index is -4.99. The van der Waals surface area contributed by atoms with Gasteiger partial charge in [-0.2, -0.15) is 0 Å². The molecule has 2 atom stereocenters. The molecule has 0 fully saturated rings. The molecule has 0 aliphatic heterocycles. The topological polar surface area (TPSA) is 93.1 Å². The largest absolute Gasteiger partial charge is 0.440 e. The fourth-order valence-electron chi connectivity index (χ4n) is 2.84. The van der Waals surface area contributed by atoms with Crippen LogP contribution in [0.3, 0.4) is 0 Å². The molecule has 6 nitrogen and oxygen atoms in total. The third-order valence-corrected chi connectivity index (χ3v) is 7.48. The highest BCUT2D eigenvalue weighted by molar-refractivity contribution is 8.26. The highest BCUT2D eigenvalue weighted by Gasteiger charge is 2.46. The van der Waals surface area contributed by atoms with Crippen LogP contribution in [-0.4, -0.2) is 23.0 Å². The van der Waals surface area contributed by atoms with Gasteiger partial charge in [0.15, 0.2) is 0 Å². The van der Waals surface area contributed by atoms with Crippen molar-refractivity contribution in [2.45, 2.75) is 68.2 Å². The standard InChI is InChI=1S/C16H36O6P2/c1-13(9-15(3,4)5)11-21-24(20,23(17,18)19)22-12-14(2)10-16(6,7)8/h13-14H,9-12H2,1-8H3,(H2,17,18,19). The summed E-state index contributed by atoms with van der Waals surface area (Å²) >= 11 is 0. The van der Waals surface area contributed by atoms with E-state index in [9.17, 15) is 18.9 Å². The summed E-state index contributed by atoms with van der Waals surface area (Å²) in [5.41, 5.74) is 0.105. The van der Waals surface area contributed by atoms with E-state index in [2.05, 4.69) is 41.5 Å². The van der Waals surface area contributed by atoms with Gasteiger partial charge in [0.1, 0.15) is 0 Å². The second-order valence-corrected chi connectivity index (χ2v) is 14.8. The Balaban J connectivity index is 4.81. The average Bonchev–Trinajstić information content (AvgIpc) is 2.28. The molecule has 0 bridgehead atoms. The van der Waals surface area contributed by atoms with Crippen molar-refractivity contribution in [3.05, 3.63) is 0 Å². The number of hydrogen-bond acceptors (Lipinski definition) is 4. The third-order valence-electron chi connectivity index (χ3n) is 3.29. The lowest BCUT2D eigenvalue weighted by Gasteiger charge is -2.27. The van der Waals surface area contributed by atoms with Crippen molar-refractivity contribution in [2.24, 2.45) is 22.7 Å². The lowest BCUT2D eigenvalue weighted by Crippen LogP contribution is -2.17. The summed E-state index contributed by atoms with van der Waals surface area (Å²) < 4.78 is 34.5. The van der Waals surface area contributed by atoms with Crippen LogP contribution < -0.4 is 0 Å². The molecule has 146 valence electrons. The molecule has 0 aliphatic carbocycles. The lowest BCUT2D eigenvalue weighted by atomic mass is 9.86. The fraction of sp³-hybridized carbons (Fsp3) is 1.00. The SMILES string of the molecule is CC(COP(=O)(OCC(C)CC(C)(C)C)P(=O)(O)O)CC(C)(C)C. The molecular weight excluding hydrogens is 350 g/mol. The monoisotopic (exact) mass is 386 g/mol. The summed E-state index contributed by atoms with van der Waals surface area (Å²) in [6.45, 7) is 16.2. The quantitative estimate of drug-likeness (QED) is 0.512. The molecule has 0 aromatic carbocycles. The van der Waals surface area contributed by atoms with E-state index in [1.54, 1.807) is 0 Å². The van der Waals surface area contributed by atoms with E-state index in [1.165, 1.54) is 0 Å². The van der Waals surface area contributed by atoms with Gasteiger partial charge in [0.05, 0.1) is 13.2 Å². The van der Waals surface area contributed by atoms with Gasteiger partial charge < -0.3 is 9.79 Å². The maximum absolute atomic E-state index is 12.6. The van der Waals surface area contributed by atoms with Gasteiger partial charge in [-0.1, -0.05) is 55.4 Å². The van der Waals surface area contributed by atoms with Gasteiger partial charge in [0.2, 0.25) is 0 Å². The molecule has 0 aromatic rings. The lowest BCUT2D eigenvalue weighted by molar-refractivity contribution is 0.145. The Morgan fingerprint density at radius 3 is 1.29 bits per heavy atom. The zero-order valence-corrected chi connectivity index (χ0v) is 18.2. The summed E-state index contributed by atoms with van der Waals surface area (Å²) in [6, 6.07) is 0. The van der Waals surface area contributed by atoms with Gasteiger partial charge in [0.25, 0.3) is 0 Å². The van der Waals surface area contributed by atoms with Crippen molar-refractivity contribution in [1.82, 2.24) is 0 Å². The minimum absolute atomic E-state index is 0.00664. The zero-order valence-electron chi connectivity index (χ0n) is 16.4. The predicted octanol–water partition coefficient (Wildman–Crippen LogP) is 5.45. The molecule has 8 heteroatoms. The zero-order chi connectivity index (χ0) is 19.4. The van der Waals surface area contributed by atoms with Gasteiger partial charge in [-0.05, 0) is 35.5 Å². The Hall–Kier alpha value is 0.300. The molecule has 0 aromatic heterocycles. The van der Waals surface area contributed by atoms with E-state index in [0.29, 0.717) is 0 Å². The van der Waals surface area contributed by atoms with Crippen molar-refractivity contribution < 1.29 is 28.0 Å². The summed E-state index contributed by atoms with van der Waals surface area (Å²) in [6.07, 6.45) is 1.57. The molecule has 2 N–H and O–H groups in total. The van der Waals surface area contributed by atoms with Gasteiger partial charge in [-0.15, -0.1) is 0 Å². The molecule has 0 heterocycles. The molecule has 0 amide bonds. The Morgan fingerprint density at radius 2 is 1.08 bits per heavy atom. The highest BCUT2D eigenvalue weighted by Crippen LogP contribution is 2.78. The van der Waals surface area contributed by atoms with Gasteiger partial charge in [-0.25, -0.2) is 9.13 Å². The van der Waals surface area contributed by atoms with Gasteiger partial charge in [-0.3, -0.25) is 9.05 Å². The molecule has 0 saturated heterocycles. The first-order valence-electron chi connectivity index (χ1n) is 8.40. The number of hydrogen-bond donors (Lipinski definition) is 2. The Morgan fingerprint density at radius 1 is 0.792 bits per heavy atom. The van der Waals surface area contributed by atoms with E-state index < -0.39 is 14.6 Å². The van der Waals surface area contributed by atoms with Crippen LogP contribution in [0, 0.1) is 22.7 Å². The molecule has 0 aliphatic rings. The fourth-order valence-corrected chi connectivity index (χ4v) is 5.40. The smallest absolute Gasteiger partial charge is 0.316 e. The van der Waals surface area contributed by atoms with Crippen LogP contribution in [0.15, 0.2) is 0 Å². The molecule has 2 unspecified atom stereocenters. The molecular formula is C16H36O6P2. The second kappa shape index (κ2) is 8.79. The van der Waals surface area contributed by atoms with Crippen LogP contribution in [0.2, 0.25) is 0 Å². The maximum atomic E-state index is 12.6. The molecule has 0 rings (SSSR count). The highest BCUT2D eigenvalue weighted by atomic mass is 32.1. The molecule has 0 spiro atoms. The van der Waals surface area contributed by atoms with Crippen molar-refractivity contribution >= 4 is 14.6 Å². The van der Waals surface area contributed by atoms with Crippen LogP contribution in [0.25, 0.3) is 0 Å². The molecule has 0 saturated carbocycles. The first-order chi connectivity index (χ1) is 10.5. The van der Waals surface area contributed by atoms with Crippen molar-refractivity contribution in [3.8, 4) is 0 Å². The first-order valence-corrected chi connectivity index (χ1v) is 12.3. The van der Waals surface area contributed by atoms with Crippen molar-refractivity contribution in [1.29, 1.82) is 0 Å². The minimum Gasteiger partial charge on any atom is -0.316 e. The number of rotatable bonds is 9. The second-order valence-electron chi connectivity index (χ2n) is 9.31. The molecule has 24 heavy (non-hydrogen) atoms. The van der Waals surface area contributed by atoms with E-state index >= 15 is 0 Å². The molecule has 0 radical (unpaired) electrons. The van der Waals surface area contributed by atoms with E-state index in [1.807, 2.05) is 13.8 Å². The maximum Gasteiger partial charge on any atom is 0.440 e. The summed E-state index contributed by atoms with van der Waals surface area (Å²) in [5, 5.41) is 0. The Bertz CT molecular complexity index is 442. The van der Waals surface area contributed by atoms with Crippen LogP contribution in [0.4, 0.5) is 0 Å². The van der Waals surface area contributed by atoms with Gasteiger partial charge in [0, 0.05) is 0 Å². The van der Waals surface area contributed by atoms with E-state index in [-0.39, 0.29) is 35.9 Å². The summed E-state index contributed by atoms with van der Waals surface area (Å²) in [5.74, 6) is 0.0287. The van der Waals surface area contributed by atoms with Crippen molar-refractivity contribution in [3.63, 3.8) is 0 Å². The van der Waals surface area contributed by atoms with E-state index in [0.717, 1.165) is 12.8 Å². The van der Waals surface area contributed by atoms with Crippen LogP contribution in [0.5, 0.6) is 0 Å². The van der Waals surface area contributed by atoms with Crippen LogP contribution in [0.1, 0.15) is 68.2 Å². The van der Waals surface area contributed by atoms with E-state index in [4.69, 9.17) is 9.05 Å². The summed E-state index contributed by atoms with van der Waals surface area (Å²) in [4.78, 5) is 18.9. The van der Waals surface area contributed by atoms with Gasteiger partial charge >= 0.3 is 14.6 Å². The van der Waals surface area contributed by atoms with Crippen LogP contribution in [-0.2, 0) is 18.2 Å². The first kappa shape index (κ1) is 24.3. The third kappa shape index (κ3) is 10.3. The van der Waals surface area contributed by atoms with Crippen molar-refractivity contribution in [2.75, 3.05) is 13.2 Å². The predicted molar refractivity (Wildman–Crippen MR) is 98.0 cm³/mol. The normalized spacial score (nSPS) is 18.9.